The molecular weight excluding hydrogens is 538 g/mol. The topological polar surface area (TPSA) is 71.1 Å². The van der Waals surface area contributed by atoms with Gasteiger partial charge in [0.1, 0.15) is 29.9 Å². The van der Waals surface area contributed by atoms with E-state index in [1.807, 2.05) is 27.7 Å². The number of quaternary nitrogens is 1. The fraction of sp³-hybridized carbons (Fsp3) is 0.594. The summed E-state index contributed by atoms with van der Waals surface area (Å²) in [5.41, 5.74) is 4.61. The van der Waals surface area contributed by atoms with Gasteiger partial charge in [0.05, 0.1) is 37.5 Å². The van der Waals surface area contributed by atoms with E-state index in [0.717, 1.165) is 52.2 Å². The maximum Gasteiger partial charge on any atom is 0.251 e. The molecule has 1 N–H and O–H groups in total. The Balaban J connectivity index is 1.00. The SMILES string of the molecule is Cc1ccc2nc(-c3ccc(NCCCC[N+](C)(C)CC45OCC6OC(C)(C)OC6C4OC(C)(C)O5)cc3)sc2c1. The minimum absolute atomic E-state index is 0.151. The highest BCUT2D eigenvalue weighted by molar-refractivity contribution is 7.21. The Kier molecular flexibility index (Phi) is 7.46. The molecule has 41 heavy (non-hydrogen) atoms. The Labute approximate surface area is 247 Å². The van der Waals surface area contributed by atoms with Gasteiger partial charge in [0.2, 0.25) is 0 Å². The summed E-state index contributed by atoms with van der Waals surface area (Å²) in [6.45, 7) is 12.9. The van der Waals surface area contributed by atoms with E-state index >= 15 is 0 Å². The molecule has 3 aliphatic heterocycles. The van der Waals surface area contributed by atoms with Crippen LogP contribution in [0.4, 0.5) is 5.69 Å². The number of nitrogens with one attached hydrogen (secondary N) is 1. The molecule has 6 rings (SSSR count). The molecule has 0 bridgehead atoms. The molecule has 1 aromatic heterocycles. The van der Waals surface area contributed by atoms with Crippen molar-refractivity contribution in [1.82, 2.24) is 4.98 Å². The molecule has 4 unspecified atom stereocenters. The second kappa shape index (κ2) is 10.6. The number of unbranched alkanes of at least 4 members (excludes halogenated alkanes) is 1. The van der Waals surface area contributed by atoms with E-state index in [4.69, 9.17) is 28.7 Å². The number of thiazole rings is 1. The molecule has 0 saturated carbocycles. The highest BCUT2D eigenvalue weighted by atomic mass is 32.1. The Bertz CT molecular complexity index is 1390. The number of anilines is 1. The Morgan fingerprint density at radius 1 is 0.976 bits per heavy atom. The average Bonchev–Trinajstić information content (AvgIpc) is 3.52. The first kappa shape index (κ1) is 29.0. The molecule has 4 heterocycles. The van der Waals surface area contributed by atoms with Crippen LogP contribution in [-0.4, -0.2) is 85.5 Å². The van der Waals surface area contributed by atoms with Gasteiger partial charge in [-0.05, 0) is 89.4 Å². The summed E-state index contributed by atoms with van der Waals surface area (Å²) in [5, 5.41) is 4.64. The average molecular weight is 583 g/mol. The fourth-order valence-electron chi connectivity index (χ4n) is 6.42. The van der Waals surface area contributed by atoms with E-state index in [-0.39, 0.29) is 18.3 Å². The van der Waals surface area contributed by atoms with Gasteiger partial charge in [0.25, 0.3) is 5.79 Å². The third-order valence-corrected chi connectivity index (χ3v) is 9.19. The summed E-state index contributed by atoms with van der Waals surface area (Å²) < 4.78 is 33.7. The molecule has 3 aromatic rings. The molecular formula is C32H44N3O5S+. The lowest BCUT2D eigenvalue weighted by atomic mass is 9.96. The number of likely N-dealkylation sites (N-methyl/N-ethyl adjacent to an activating group) is 1. The predicted octanol–water partition coefficient (Wildman–Crippen LogP) is 5.94. The van der Waals surface area contributed by atoms with Crippen LogP contribution in [0.1, 0.15) is 46.1 Å². The van der Waals surface area contributed by atoms with Gasteiger partial charge in [-0.3, -0.25) is 0 Å². The van der Waals surface area contributed by atoms with Crippen LogP contribution < -0.4 is 5.32 Å². The van der Waals surface area contributed by atoms with Gasteiger partial charge in [0, 0.05) is 17.8 Å². The number of hydrogen-bond donors (Lipinski definition) is 1. The van der Waals surface area contributed by atoms with E-state index in [0.29, 0.717) is 13.2 Å². The van der Waals surface area contributed by atoms with E-state index in [1.165, 1.54) is 10.3 Å². The van der Waals surface area contributed by atoms with Crippen molar-refractivity contribution in [2.45, 2.75) is 83.1 Å². The number of ether oxygens (including phenoxy) is 5. The number of fused-ring (bicyclic) bond motifs is 4. The lowest BCUT2D eigenvalue weighted by molar-refractivity contribution is -0.901. The molecule has 3 saturated heterocycles. The zero-order chi connectivity index (χ0) is 29.0. The van der Waals surface area contributed by atoms with Crippen LogP contribution in [0, 0.1) is 6.92 Å². The second-order valence-electron chi connectivity index (χ2n) is 13.3. The number of nitrogens with zero attached hydrogens (tertiary/aromatic N) is 2. The zero-order valence-corrected chi connectivity index (χ0v) is 26.2. The molecule has 8 nitrogen and oxygen atoms in total. The molecule has 0 radical (unpaired) electrons. The fourth-order valence-corrected chi connectivity index (χ4v) is 7.49. The van der Waals surface area contributed by atoms with Crippen molar-refractivity contribution >= 4 is 27.2 Å². The minimum atomic E-state index is -0.861. The predicted molar refractivity (Wildman–Crippen MR) is 162 cm³/mol. The highest BCUT2D eigenvalue weighted by Crippen LogP contribution is 2.48. The molecule has 3 aliphatic rings. The molecule has 4 atom stereocenters. The smallest absolute Gasteiger partial charge is 0.251 e. The quantitative estimate of drug-likeness (QED) is 0.247. The van der Waals surface area contributed by atoms with E-state index in [1.54, 1.807) is 11.3 Å². The van der Waals surface area contributed by atoms with Crippen molar-refractivity contribution in [3.8, 4) is 10.6 Å². The van der Waals surface area contributed by atoms with Gasteiger partial charge < -0.3 is 33.5 Å². The van der Waals surface area contributed by atoms with Crippen LogP contribution in [0.25, 0.3) is 20.8 Å². The maximum absolute atomic E-state index is 6.49. The van der Waals surface area contributed by atoms with Gasteiger partial charge in [0.15, 0.2) is 11.6 Å². The van der Waals surface area contributed by atoms with Gasteiger partial charge in [-0.1, -0.05) is 6.07 Å². The number of aryl methyl sites for hydroxylation is 1. The van der Waals surface area contributed by atoms with Gasteiger partial charge >= 0.3 is 0 Å². The van der Waals surface area contributed by atoms with Crippen molar-refractivity contribution in [2.75, 3.05) is 45.7 Å². The lowest BCUT2D eigenvalue weighted by Gasteiger charge is -2.44. The van der Waals surface area contributed by atoms with Crippen LogP contribution in [0.2, 0.25) is 0 Å². The van der Waals surface area contributed by atoms with Gasteiger partial charge in [-0.25, -0.2) is 4.98 Å². The standard InChI is InChI=1S/C32H44N3O5S/c1-21-10-15-24-26(18-21)41-29(34-24)22-11-13-23(14-12-22)33-16-8-9-17-35(6,7)20-32-28(39-31(4,5)40-32)27-25(19-36-32)37-30(2,3)38-27/h10-15,18,25,27-28,33H,8-9,16-17,19-20H2,1-7H3/q+1. The van der Waals surface area contributed by atoms with E-state index in [2.05, 4.69) is 68.8 Å². The third-order valence-electron chi connectivity index (χ3n) is 8.12. The summed E-state index contributed by atoms with van der Waals surface area (Å²) in [6, 6.07) is 15.0. The van der Waals surface area contributed by atoms with Crippen molar-refractivity contribution in [3.05, 3.63) is 48.0 Å². The summed E-state index contributed by atoms with van der Waals surface area (Å²) in [4.78, 5) is 4.81. The Morgan fingerprint density at radius 3 is 2.54 bits per heavy atom. The second-order valence-corrected chi connectivity index (χ2v) is 14.4. The number of rotatable bonds is 9. The molecule has 0 spiro atoms. The lowest BCUT2D eigenvalue weighted by Crippen LogP contribution is -2.65. The molecule has 2 aromatic carbocycles. The zero-order valence-electron chi connectivity index (χ0n) is 25.4. The van der Waals surface area contributed by atoms with Crippen LogP contribution in [0.5, 0.6) is 0 Å². The molecule has 0 amide bonds. The van der Waals surface area contributed by atoms with Gasteiger partial charge in [-0.2, -0.15) is 0 Å². The van der Waals surface area contributed by atoms with Crippen LogP contribution >= 0.6 is 11.3 Å². The highest BCUT2D eigenvalue weighted by Gasteiger charge is 2.67. The normalized spacial score (nSPS) is 28.5. The van der Waals surface area contributed by atoms with E-state index < -0.39 is 17.4 Å². The van der Waals surface area contributed by atoms with Gasteiger partial charge in [-0.15, -0.1) is 11.3 Å². The third kappa shape index (κ3) is 6.18. The van der Waals surface area contributed by atoms with Crippen molar-refractivity contribution in [2.24, 2.45) is 0 Å². The summed E-state index contributed by atoms with van der Waals surface area (Å²) in [6.07, 6.45) is 1.44. The first-order chi connectivity index (χ1) is 19.3. The summed E-state index contributed by atoms with van der Waals surface area (Å²) >= 11 is 1.75. The number of benzene rings is 2. The molecule has 222 valence electrons. The first-order valence-corrected chi connectivity index (χ1v) is 15.5. The first-order valence-electron chi connectivity index (χ1n) is 14.7. The Morgan fingerprint density at radius 2 is 1.76 bits per heavy atom. The largest absolute Gasteiger partial charge is 0.385 e. The Hall–Kier alpha value is -2.11. The number of hydrogen-bond acceptors (Lipinski definition) is 8. The maximum atomic E-state index is 6.49. The van der Waals surface area contributed by atoms with Crippen LogP contribution in [-0.2, 0) is 23.7 Å². The monoisotopic (exact) mass is 582 g/mol. The van der Waals surface area contributed by atoms with Crippen molar-refractivity contribution < 1.29 is 28.2 Å². The van der Waals surface area contributed by atoms with E-state index in [9.17, 15) is 0 Å². The molecule has 3 fully saturated rings. The minimum Gasteiger partial charge on any atom is -0.385 e. The van der Waals surface area contributed by atoms with Crippen molar-refractivity contribution in [3.63, 3.8) is 0 Å². The molecule has 9 heteroatoms. The summed E-state index contributed by atoms with van der Waals surface area (Å²) in [5.74, 6) is -2.27. The summed E-state index contributed by atoms with van der Waals surface area (Å²) in [7, 11) is 4.47. The number of aromatic nitrogens is 1. The van der Waals surface area contributed by atoms with Crippen molar-refractivity contribution in [1.29, 1.82) is 0 Å². The molecule has 0 aliphatic carbocycles. The van der Waals surface area contributed by atoms with Crippen LogP contribution in [0.15, 0.2) is 42.5 Å². The van der Waals surface area contributed by atoms with Crippen LogP contribution in [0.3, 0.4) is 0 Å².